The third-order valence-electron chi connectivity index (χ3n) is 5.31. The number of nitrogens with one attached hydrogen (secondary N) is 1. The Morgan fingerprint density at radius 2 is 1.40 bits per heavy atom. The zero-order valence-electron chi connectivity index (χ0n) is 17.4. The van der Waals surface area contributed by atoms with Gasteiger partial charge in [0.05, 0.1) is 11.0 Å². The number of amides is 1. The van der Waals surface area contributed by atoms with Gasteiger partial charge in [0.1, 0.15) is 5.69 Å². The fourth-order valence-electron chi connectivity index (χ4n) is 3.49. The van der Waals surface area contributed by atoms with Gasteiger partial charge < -0.3 is 5.32 Å². The number of carbonyl (C=O) groups excluding carboxylic acids is 1. The summed E-state index contributed by atoms with van der Waals surface area (Å²) in [7, 11) is 0. The summed E-state index contributed by atoms with van der Waals surface area (Å²) in [4.78, 5) is 23.0. The average molecular weight is 460 g/mol. The second-order valence-electron chi connectivity index (χ2n) is 7.58. The van der Waals surface area contributed by atoms with Crippen molar-refractivity contribution in [1.82, 2.24) is 9.97 Å². The zero-order chi connectivity index (χ0) is 21.4. The summed E-state index contributed by atoms with van der Waals surface area (Å²) >= 11 is 3.52. The number of benzene rings is 3. The van der Waals surface area contributed by atoms with Crippen LogP contribution in [0.5, 0.6) is 0 Å². The van der Waals surface area contributed by atoms with E-state index in [1.165, 1.54) is 0 Å². The number of carbonyl (C=O) groups is 1. The molecule has 0 saturated carbocycles. The molecule has 4 nitrogen and oxygen atoms in total. The second-order valence-corrected chi connectivity index (χ2v) is 8.49. The molecular formula is C25H22BrN3O. The Morgan fingerprint density at radius 3 is 2.03 bits per heavy atom. The van der Waals surface area contributed by atoms with Crippen molar-refractivity contribution in [2.75, 3.05) is 5.32 Å². The molecule has 1 aromatic heterocycles. The lowest BCUT2D eigenvalue weighted by Gasteiger charge is -2.14. The Labute approximate surface area is 184 Å². The van der Waals surface area contributed by atoms with Crippen LogP contribution in [0.1, 0.15) is 32.7 Å². The zero-order valence-corrected chi connectivity index (χ0v) is 19.0. The maximum Gasteiger partial charge on any atom is 0.276 e. The SMILES string of the molecule is Cc1cc2nc(C(=O)Nc3c(C)cccc3C)c(-c3cccc(Br)c3)nc2cc1C. The normalized spacial score (nSPS) is 11.0. The molecule has 30 heavy (non-hydrogen) atoms. The first-order valence-electron chi connectivity index (χ1n) is 9.76. The molecule has 0 bridgehead atoms. The third-order valence-corrected chi connectivity index (χ3v) is 5.81. The van der Waals surface area contributed by atoms with Gasteiger partial charge in [-0.2, -0.15) is 0 Å². The number of aromatic nitrogens is 2. The minimum absolute atomic E-state index is 0.269. The highest BCUT2D eigenvalue weighted by atomic mass is 79.9. The van der Waals surface area contributed by atoms with Crippen LogP contribution in [0, 0.1) is 27.7 Å². The number of rotatable bonds is 3. The van der Waals surface area contributed by atoms with Gasteiger partial charge in [0.2, 0.25) is 0 Å². The Balaban J connectivity index is 1.91. The van der Waals surface area contributed by atoms with Gasteiger partial charge >= 0.3 is 0 Å². The first kappa shape index (κ1) is 20.2. The molecule has 4 rings (SSSR count). The van der Waals surface area contributed by atoms with Gasteiger partial charge in [0, 0.05) is 15.7 Å². The number of hydrogen-bond donors (Lipinski definition) is 1. The van der Waals surface area contributed by atoms with E-state index in [0.29, 0.717) is 16.9 Å². The molecule has 1 N–H and O–H groups in total. The maximum atomic E-state index is 13.4. The fourth-order valence-corrected chi connectivity index (χ4v) is 3.89. The third kappa shape index (κ3) is 3.85. The Morgan fingerprint density at radius 1 is 0.800 bits per heavy atom. The lowest BCUT2D eigenvalue weighted by Crippen LogP contribution is -2.17. The highest BCUT2D eigenvalue weighted by Gasteiger charge is 2.20. The topological polar surface area (TPSA) is 54.9 Å². The largest absolute Gasteiger partial charge is 0.320 e. The van der Waals surface area contributed by atoms with Gasteiger partial charge in [0.25, 0.3) is 5.91 Å². The Kier molecular flexibility index (Phi) is 5.39. The van der Waals surface area contributed by atoms with Crippen LogP contribution in [0.25, 0.3) is 22.3 Å². The van der Waals surface area contributed by atoms with E-state index in [2.05, 4.69) is 28.2 Å². The molecule has 0 fully saturated rings. The van der Waals surface area contributed by atoms with Crippen molar-refractivity contribution in [2.45, 2.75) is 27.7 Å². The van der Waals surface area contributed by atoms with Crippen LogP contribution in [-0.4, -0.2) is 15.9 Å². The summed E-state index contributed by atoms with van der Waals surface area (Å²) in [6.07, 6.45) is 0. The van der Waals surface area contributed by atoms with E-state index in [-0.39, 0.29) is 5.91 Å². The molecule has 1 heterocycles. The molecule has 4 aromatic rings. The molecule has 0 radical (unpaired) electrons. The van der Waals surface area contributed by atoms with E-state index < -0.39 is 0 Å². The van der Waals surface area contributed by atoms with Crippen LogP contribution in [0.4, 0.5) is 5.69 Å². The summed E-state index contributed by atoms with van der Waals surface area (Å²) in [5, 5.41) is 3.06. The number of hydrogen-bond acceptors (Lipinski definition) is 3. The van der Waals surface area contributed by atoms with Crippen LogP contribution in [0.3, 0.4) is 0 Å². The van der Waals surface area contributed by atoms with Crippen LogP contribution in [0.2, 0.25) is 0 Å². The van der Waals surface area contributed by atoms with Crippen molar-refractivity contribution < 1.29 is 4.79 Å². The van der Waals surface area contributed by atoms with E-state index in [1.54, 1.807) is 0 Å². The predicted molar refractivity (Wildman–Crippen MR) is 126 cm³/mol. The van der Waals surface area contributed by atoms with Crippen LogP contribution < -0.4 is 5.32 Å². The summed E-state index contributed by atoms with van der Waals surface area (Å²) < 4.78 is 0.920. The summed E-state index contributed by atoms with van der Waals surface area (Å²) in [6, 6.07) is 17.7. The highest BCUT2D eigenvalue weighted by molar-refractivity contribution is 9.10. The van der Waals surface area contributed by atoms with Crippen molar-refractivity contribution in [3.05, 3.63) is 87.0 Å². The van der Waals surface area contributed by atoms with Gasteiger partial charge in [-0.25, -0.2) is 9.97 Å². The molecule has 0 spiro atoms. The quantitative estimate of drug-likeness (QED) is 0.378. The highest BCUT2D eigenvalue weighted by Crippen LogP contribution is 2.28. The number of aryl methyl sites for hydroxylation is 4. The lowest BCUT2D eigenvalue weighted by atomic mass is 10.1. The van der Waals surface area contributed by atoms with Crippen molar-refractivity contribution in [3.8, 4) is 11.3 Å². The predicted octanol–water partition coefficient (Wildman–Crippen LogP) is 6.55. The van der Waals surface area contributed by atoms with Gasteiger partial charge in [-0.1, -0.05) is 46.3 Å². The summed E-state index contributed by atoms with van der Waals surface area (Å²) in [6.45, 7) is 8.05. The first-order valence-corrected chi connectivity index (χ1v) is 10.6. The van der Waals surface area contributed by atoms with Gasteiger partial charge in [-0.3, -0.25) is 4.79 Å². The van der Waals surface area contributed by atoms with Crippen molar-refractivity contribution in [2.24, 2.45) is 0 Å². The molecule has 0 aliphatic rings. The standard InChI is InChI=1S/C25H22BrN3O/c1-14-7-5-8-15(2)22(14)29-25(30)24-23(18-9-6-10-19(26)13-18)27-20-11-16(3)17(4)12-21(20)28-24/h5-13H,1-4H3,(H,29,30). The Hall–Kier alpha value is -3.05. The Bertz CT molecular complexity index is 1280. The van der Waals surface area contributed by atoms with E-state index in [0.717, 1.165) is 43.5 Å². The van der Waals surface area contributed by atoms with Crippen LogP contribution in [-0.2, 0) is 0 Å². The number of anilines is 1. The molecule has 0 saturated heterocycles. The van der Waals surface area contributed by atoms with Crippen molar-refractivity contribution in [3.63, 3.8) is 0 Å². The molecular weight excluding hydrogens is 438 g/mol. The molecule has 0 aliphatic heterocycles. The lowest BCUT2D eigenvalue weighted by molar-refractivity contribution is 0.102. The maximum absolute atomic E-state index is 13.4. The first-order chi connectivity index (χ1) is 14.3. The van der Waals surface area contributed by atoms with Crippen molar-refractivity contribution >= 4 is 38.6 Å². The molecule has 0 atom stereocenters. The molecule has 0 aliphatic carbocycles. The molecule has 1 amide bonds. The fraction of sp³-hybridized carbons (Fsp3) is 0.160. The van der Waals surface area contributed by atoms with E-state index >= 15 is 0 Å². The van der Waals surface area contributed by atoms with Crippen LogP contribution in [0.15, 0.2) is 59.1 Å². The minimum Gasteiger partial charge on any atom is -0.320 e. The van der Waals surface area contributed by atoms with E-state index in [4.69, 9.17) is 9.97 Å². The van der Waals surface area contributed by atoms with E-state index in [9.17, 15) is 4.79 Å². The molecule has 0 unspecified atom stereocenters. The molecule has 150 valence electrons. The van der Waals surface area contributed by atoms with Crippen molar-refractivity contribution in [1.29, 1.82) is 0 Å². The number of halogens is 1. The smallest absolute Gasteiger partial charge is 0.276 e. The van der Waals surface area contributed by atoms with Gasteiger partial charge in [-0.15, -0.1) is 0 Å². The van der Waals surface area contributed by atoms with Gasteiger partial charge in [0.15, 0.2) is 5.69 Å². The number of para-hydroxylation sites is 1. The molecule has 3 aromatic carbocycles. The monoisotopic (exact) mass is 459 g/mol. The van der Waals surface area contributed by atoms with Gasteiger partial charge in [-0.05, 0) is 74.2 Å². The van der Waals surface area contributed by atoms with E-state index in [1.807, 2.05) is 75.4 Å². The second kappa shape index (κ2) is 8.00. The number of nitrogens with zero attached hydrogens (tertiary/aromatic N) is 2. The average Bonchev–Trinajstić information content (AvgIpc) is 2.71. The summed E-state index contributed by atoms with van der Waals surface area (Å²) in [5.74, 6) is -0.269. The van der Waals surface area contributed by atoms with Crippen LogP contribution >= 0.6 is 15.9 Å². The number of fused-ring (bicyclic) bond motifs is 1. The summed E-state index contributed by atoms with van der Waals surface area (Å²) in [5.41, 5.74) is 8.29. The molecule has 5 heteroatoms. The minimum atomic E-state index is -0.269.